The molecular formula is C8H9NO2S2. The maximum atomic E-state index is 10.7. The topological polar surface area (TPSA) is 40.5 Å². The van der Waals surface area contributed by atoms with E-state index in [1.165, 1.54) is 20.2 Å². The minimum absolute atomic E-state index is 0.557. The number of thioether (sulfide) groups is 1. The first-order valence-corrected chi connectivity index (χ1v) is 5.94. The average molecular weight is 215 g/mol. The summed E-state index contributed by atoms with van der Waals surface area (Å²) in [6.45, 7) is 1.12. The molecule has 0 fully saturated rings. The molecule has 1 N–H and O–H groups in total. The fourth-order valence-corrected chi connectivity index (χ4v) is 3.23. The van der Waals surface area contributed by atoms with Crippen molar-refractivity contribution in [3.05, 3.63) is 16.5 Å². The van der Waals surface area contributed by atoms with E-state index < -0.39 is 6.09 Å². The zero-order valence-electron chi connectivity index (χ0n) is 7.11. The van der Waals surface area contributed by atoms with Gasteiger partial charge in [0.15, 0.2) is 0 Å². The zero-order valence-corrected chi connectivity index (χ0v) is 8.74. The third kappa shape index (κ3) is 1.42. The molecule has 70 valence electrons. The third-order valence-corrected chi connectivity index (χ3v) is 4.38. The molecule has 0 atom stereocenters. The summed E-state index contributed by atoms with van der Waals surface area (Å²) in [5.74, 6) is 0. The predicted molar refractivity (Wildman–Crippen MR) is 53.4 cm³/mol. The third-order valence-electron chi connectivity index (χ3n) is 2.11. The van der Waals surface area contributed by atoms with Crippen molar-refractivity contribution in [2.75, 3.05) is 6.26 Å². The number of nitrogens with zero attached hydrogens (tertiary/aromatic N) is 1. The average Bonchev–Trinajstić information content (AvgIpc) is 2.60. The van der Waals surface area contributed by atoms with Crippen LogP contribution in [0.25, 0.3) is 0 Å². The van der Waals surface area contributed by atoms with Gasteiger partial charge in [0.1, 0.15) is 0 Å². The Hall–Kier alpha value is -0.680. The van der Waals surface area contributed by atoms with Crippen LogP contribution in [0, 0.1) is 0 Å². The van der Waals surface area contributed by atoms with Gasteiger partial charge in [0.25, 0.3) is 0 Å². The van der Waals surface area contributed by atoms with Gasteiger partial charge in [-0.2, -0.15) is 0 Å². The van der Waals surface area contributed by atoms with E-state index in [9.17, 15) is 4.79 Å². The molecule has 2 heterocycles. The van der Waals surface area contributed by atoms with E-state index in [4.69, 9.17) is 5.11 Å². The first-order chi connectivity index (χ1) is 6.22. The van der Waals surface area contributed by atoms with E-state index in [0.717, 1.165) is 0 Å². The number of carbonyl (C=O) groups is 1. The summed E-state index contributed by atoms with van der Waals surface area (Å²) < 4.78 is 1.25. The highest BCUT2D eigenvalue weighted by Gasteiger charge is 2.26. The van der Waals surface area contributed by atoms with E-state index in [1.807, 2.05) is 6.26 Å². The van der Waals surface area contributed by atoms with Crippen LogP contribution < -0.4 is 0 Å². The molecule has 0 unspecified atom stereocenters. The number of carboxylic acid groups (broad SMARTS) is 1. The maximum Gasteiger partial charge on any atom is 0.407 e. The van der Waals surface area contributed by atoms with Crippen molar-refractivity contribution in [1.29, 1.82) is 0 Å². The number of rotatable bonds is 1. The summed E-state index contributed by atoms with van der Waals surface area (Å²) in [7, 11) is 0. The lowest BCUT2D eigenvalue weighted by molar-refractivity contribution is 0.145. The van der Waals surface area contributed by atoms with Gasteiger partial charge in [-0.1, -0.05) is 0 Å². The minimum atomic E-state index is -0.826. The predicted octanol–water partition coefficient (Wildman–Crippen LogP) is 2.46. The molecule has 0 aliphatic carbocycles. The van der Waals surface area contributed by atoms with Gasteiger partial charge in [0.05, 0.1) is 17.3 Å². The Balaban J connectivity index is 2.26. The Morgan fingerprint density at radius 3 is 3.08 bits per heavy atom. The summed E-state index contributed by atoms with van der Waals surface area (Å²) in [5.41, 5.74) is 2.39. The fourth-order valence-electron chi connectivity index (χ4n) is 1.46. The lowest BCUT2D eigenvalue weighted by Gasteiger charge is -2.09. The van der Waals surface area contributed by atoms with Crippen molar-refractivity contribution < 1.29 is 9.90 Å². The Morgan fingerprint density at radius 2 is 2.46 bits per heavy atom. The van der Waals surface area contributed by atoms with E-state index in [-0.39, 0.29) is 0 Å². The second-order valence-electron chi connectivity index (χ2n) is 2.87. The molecule has 0 spiro atoms. The molecule has 0 saturated heterocycles. The molecule has 0 radical (unpaired) electrons. The van der Waals surface area contributed by atoms with Crippen molar-refractivity contribution in [1.82, 2.24) is 4.90 Å². The van der Waals surface area contributed by atoms with Gasteiger partial charge in [0, 0.05) is 5.56 Å². The molecule has 1 amide bonds. The van der Waals surface area contributed by atoms with Crippen LogP contribution in [0.5, 0.6) is 0 Å². The highest BCUT2D eigenvalue weighted by Crippen LogP contribution is 2.36. The maximum absolute atomic E-state index is 10.7. The van der Waals surface area contributed by atoms with Crippen LogP contribution in [0.15, 0.2) is 9.59 Å². The standard InChI is InChI=1S/C8H9NO2S2/c1-12-7-6-3-9(8(10)11)2-5(6)4-13-7/h4H,2-3H2,1H3,(H,10,11). The number of thiophene rings is 1. The summed E-state index contributed by atoms with van der Waals surface area (Å²) in [6.07, 6.45) is 1.20. The van der Waals surface area contributed by atoms with Gasteiger partial charge < -0.3 is 5.11 Å². The second kappa shape index (κ2) is 3.23. The van der Waals surface area contributed by atoms with Crippen molar-refractivity contribution in [3.63, 3.8) is 0 Å². The van der Waals surface area contributed by atoms with Crippen LogP contribution in [-0.2, 0) is 13.1 Å². The largest absolute Gasteiger partial charge is 0.465 e. The van der Waals surface area contributed by atoms with E-state index >= 15 is 0 Å². The van der Waals surface area contributed by atoms with Crippen molar-refractivity contribution in [3.8, 4) is 0 Å². The minimum Gasteiger partial charge on any atom is -0.465 e. The van der Waals surface area contributed by atoms with Crippen LogP contribution >= 0.6 is 23.1 Å². The number of hydrogen-bond acceptors (Lipinski definition) is 3. The van der Waals surface area contributed by atoms with Gasteiger partial charge in [-0.25, -0.2) is 4.79 Å². The zero-order chi connectivity index (χ0) is 9.42. The lowest BCUT2D eigenvalue weighted by Crippen LogP contribution is -2.22. The Kier molecular flexibility index (Phi) is 2.21. The quantitative estimate of drug-likeness (QED) is 0.732. The molecule has 13 heavy (non-hydrogen) atoms. The van der Waals surface area contributed by atoms with E-state index in [0.29, 0.717) is 13.1 Å². The molecule has 0 bridgehead atoms. The fraction of sp³-hybridized carbons (Fsp3) is 0.375. The first-order valence-electron chi connectivity index (χ1n) is 3.83. The van der Waals surface area contributed by atoms with Gasteiger partial charge >= 0.3 is 6.09 Å². The summed E-state index contributed by atoms with van der Waals surface area (Å²) in [4.78, 5) is 12.1. The molecule has 5 heteroatoms. The Labute approximate surface area is 84.4 Å². The highest BCUT2D eigenvalue weighted by atomic mass is 32.2. The van der Waals surface area contributed by atoms with Gasteiger partial charge in [-0.15, -0.1) is 23.1 Å². The van der Waals surface area contributed by atoms with Gasteiger partial charge in [0.2, 0.25) is 0 Å². The van der Waals surface area contributed by atoms with Crippen LogP contribution in [0.1, 0.15) is 11.1 Å². The molecule has 0 aromatic carbocycles. The normalized spacial score (nSPS) is 14.7. The van der Waals surface area contributed by atoms with Gasteiger partial charge in [-0.05, 0) is 17.2 Å². The van der Waals surface area contributed by atoms with E-state index in [2.05, 4.69) is 5.38 Å². The number of hydrogen-bond donors (Lipinski definition) is 1. The molecule has 1 aliphatic rings. The number of fused-ring (bicyclic) bond motifs is 1. The van der Waals surface area contributed by atoms with E-state index in [1.54, 1.807) is 23.1 Å². The lowest BCUT2D eigenvalue weighted by atomic mass is 10.2. The van der Waals surface area contributed by atoms with Crippen LogP contribution in [0.3, 0.4) is 0 Å². The molecule has 1 aromatic heterocycles. The smallest absolute Gasteiger partial charge is 0.407 e. The molecular weight excluding hydrogens is 206 g/mol. The molecule has 2 rings (SSSR count). The van der Waals surface area contributed by atoms with Crippen LogP contribution in [0.2, 0.25) is 0 Å². The molecule has 0 saturated carbocycles. The molecule has 1 aliphatic heterocycles. The monoisotopic (exact) mass is 215 g/mol. The van der Waals surface area contributed by atoms with Gasteiger partial charge in [-0.3, -0.25) is 4.90 Å². The second-order valence-corrected chi connectivity index (χ2v) is 4.82. The summed E-state index contributed by atoms with van der Waals surface area (Å²) >= 11 is 3.40. The molecule has 3 nitrogen and oxygen atoms in total. The summed E-state index contributed by atoms with van der Waals surface area (Å²) in [5, 5.41) is 10.8. The SMILES string of the molecule is CSc1scc2c1CN(C(=O)O)C2. The summed E-state index contributed by atoms with van der Waals surface area (Å²) in [6, 6.07) is 0. The van der Waals surface area contributed by atoms with Crippen molar-refractivity contribution in [2.45, 2.75) is 17.3 Å². The van der Waals surface area contributed by atoms with Crippen molar-refractivity contribution >= 4 is 29.2 Å². The van der Waals surface area contributed by atoms with Crippen LogP contribution in [-0.4, -0.2) is 22.4 Å². The first kappa shape index (κ1) is 8.90. The number of amides is 1. The Morgan fingerprint density at radius 1 is 1.69 bits per heavy atom. The Bertz CT molecular complexity index is 348. The van der Waals surface area contributed by atoms with Crippen molar-refractivity contribution in [2.24, 2.45) is 0 Å². The van der Waals surface area contributed by atoms with Crippen LogP contribution in [0.4, 0.5) is 4.79 Å². The molecule has 1 aromatic rings. The highest BCUT2D eigenvalue weighted by molar-refractivity contribution is 8.00.